The molecule has 1 aromatic heterocycles. The van der Waals surface area contributed by atoms with Crippen LogP contribution in [0.1, 0.15) is 36.2 Å². The number of amides is 1. The number of fused-ring (bicyclic) bond motifs is 1. The molecule has 4 rings (SSSR count). The number of rotatable bonds is 2. The van der Waals surface area contributed by atoms with Crippen molar-refractivity contribution in [3.05, 3.63) is 42.2 Å². The van der Waals surface area contributed by atoms with E-state index in [1.54, 1.807) is 6.07 Å². The second kappa shape index (κ2) is 6.16. The van der Waals surface area contributed by atoms with E-state index >= 15 is 0 Å². The predicted molar refractivity (Wildman–Crippen MR) is 85.0 cm³/mol. The summed E-state index contributed by atoms with van der Waals surface area (Å²) < 4.78 is 11.2. The van der Waals surface area contributed by atoms with Crippen molar-refractivity contribution in [1.82, 2.24) is 10.1 Å². The van der Waals surface area contributed by atoms with Gasteiger partial charge in [0.15, 0.2) is 0 Å². The molecule has 2 aliphatic rings. The summed E-state index contributed by atoms with van der Waals surface area (Å²) in [7, 11) is 0. The minimum Gasteiger partial charge on any atom is -0.374 e. The average Bonchev–Trinajstić information content (AvgIpc) is 3.11. The van der Waals surface area contributed by atoms with Gasteiger partial charge in [-0.15, -0.1) is 0 Å². The van der Waals surface area contributed by atoms with E-state index in [-0.39, 0.29) is 18.1 Å². The molecule has 1 amide bonds. The van der Waals surface area contributed by atoms with Gasteiger partial charge >= 0.3 is 0 Å². The largest absolute Gasteiger partial charge is 0.374 e. The lowest BCUT2D eigenvalue weighted by atomic mass is 9.90. The van der Waals surface area contributed by atoms with Crippen molar-refractivity contribution in [2.75, 3.05) is 13.2 Å². The first-order valence-electron chi connectivity index (χ1n) is 8.27. The molecule has 2 fully saturated rings. The first kappa shape index (κ1) is 14.5. The minimum atomic E-state index is -0.0696. The van der Waals surface area contributed by atoms with Crippen LogP contribution >= 0.6 is 0 Å². The number of carbonyl (C=O) groups excluding carboxylic acids is 1. The Kier molecular flexibility index (Phi) is 3.87. The first-order chi connectivity index (χ1) is 11.3. The molecule has 1 aromatic carbocycles. The lowest BCUT2D eigenvalue weighted by Crippen LogP contribution is -2.54. The zero-order valence-electron chi connectivity index (χ0n) is 13.0. The number of nitrogens with zero attached hydrogens (tertiary/aromatic N) is 2. The first-order valence-corrected chi connectivity index (χ1v) is 8.27. The SMILES string of the molecule is O=C(c1cc(-c2ccccc2)no1)N1CCO[C@H]2CCCC[C@@H]21. The molecule has 0 unspecified atom stereocenters. The van der Waals surface area contributed by atoms with E-state index in [1.807, 2.05) is 35.2 Å². The molecule has 1 aliphatic heterocycles. The van der Waals surface area contributed by atoms with Gasteiger partial charge in [0.2, 0.25) is 5.76 Å². The van der Waals surface area contributed by atoms with Crippen LogP contribution in [0.15, 0.2) is 40.9 Å². The Bertz CT molecular complexity index is 681. The number of carbonyl (C=O) groups is 1. The Hall–Kier alpha value is -2.14. The molecule has 0 radical (unpaired) electrons. The average molecular weight is 312 g/mol. The molecule has 23 heavy (non-hydrogen) atoms. The number of ether oxygens (including phenoxy) is 1. The molecular weight excluding hydrogens is 292 g/mol. The second-order valence-electron chi connectivity index (χ2n) is 6.20. The Balaban J connectivity index is 1.56. The predicted octanol–water partition coefficient (Wildman–Crippen LogP) is 3.13. The topological polar surface area (TPSA) is 55.6 Å². The molecule has 0 N–H and O–H groups in total. The maximum Gasteiger partial charge on any atom is 0.292 e. The van der Waals surface area contributed by atoms with Crippen molar-refractivity contribution >= 4 is 5.91 Å². The summed E-state index contributed by atoms with van der Waals surface area (Å²) in [6.07, 6.45) is 4.57. The van der Waals surface area contributed by atoms with Crippen LogP contribution in [-0.4, -0.2) is 41.3 Å². The van der Waals surface area contributed by atoms with Crippen LogP contribution in [0.3, 0.4) is 0 Å². The van der Waals surface area contributed by atoms with Gasteiger partial charge in [0.05, 0.1) is 18.8 Å². The molecule has 120 valence electrons. The summed E-state index contributed by atoms with van der Waals surface area (Å²) in [5.41, 5.74) is 1.65. The molecule has 5 heteroatoms. The lowest BCUT2D eigenvalue weighted by Gasteiger charge is -2.43. The van der Waals surface area contributed by atoms with Crippen LogP contribution in [0.4, 0.5) is 0 Å². The number of hydrogen-bond acceptors (Lipinski definition) is 4. The highest BCUT2D eigenvalue weighted by Gasteiger charge is 2.38. The van der Waals surface area contributed by atoms with Gasteiger partial charge in [-0.05, 0) is 12.8 Å². The fourth-order valence-electron chi connectivity index (χ4n) is 3.61. The molecule has 2 atom stereocenters. The molecule has 5 nitrogen and oxygen atoms in total. The third-order valence-corrected chi connectivity index (χ3v) is 4.78. The summed E-state index contributed by atoms with van der Waals surface area (Å²) in [6, 6.07) is 11.7. The molecule has 0 bridgehead atoms. The lowest BCUT2D eigenvalue weighted by molar-refractivity contribution is -0.0760. The minimum absolute atomic E-state index is 0.0696. The Morgan fingerprint density at radius 3 is 2.87 bits per heavy atom. The quantitative estimate of drug-likeness (QED) is 0.855. The van der Waals surface area contributed by atoms with Crippen molar-refractivity contribution in [1.29, 1.82) is 0 Å². The number of morpholine rings is 1. The van der Waals surface area contributed by atoms with E-state index in [9.17, 15) is 4.79 Å². The van der Waals surface area contributed by atoms with Crippen molar-refractivity contribution in [3.8, 4) is 11.3 Å². The monoisotopic (exact) mass is 312 g/mol. The van der Waals surface area contributed by atoms with Crippen LogP contribution in [0.25, 0.3) is 11.3 Å². The molecule has 2 heterocycles. The second-order valence-corrected chi connectivity index (χ2v) is 6.20. The van der Waals surface area contributed by atoms with E-state index in [2.05, 4.69) is 5.16 Å². The van der Waals surface area contributed by atoms with Crippen molar-refractivity contribution in [2.45, 2.75) is 37.8 Å². The van der Waals surface area contributed by atoms with Gasteiger partial charge in [0.25, 0.3) is 5.91 Å². The van der Waals surface area contributed by atoms with Crippen molar-refractivity contribution < 1.29 is 14.1 Å². The normalized spacial score (nSPS) is 24.3. The smallest absolute Gasteiger partial charge is 0.292 e. The standard InChI is InChI=1S/C18H20N2O3/c21-18(20-10-11-22-16-9-5-4-8-15(16)20)17-12-14(19-23-17)13-6-2-1-3-7-13/h1-3,6-7,12,15-16H,4-5,8-11H2/t15-,16-/m0/s1. The maximum atomic E-state index is 12.8. The molecule has 1 saturated heterocycles. The number of hydrogen-bond donors (Lipinski definition) is 0. The molecule has 1 saturated carbocycles. The number of benzene rings is 1. The zero-order chi connectivity index (χ0) is 15.6. The number of aromatic nitrogens is 1. The highest BCUT2D eigenvalue weighted by molar-refractivity contribution is 5.92. The maximum absolute atomic E-state index is 12.8. The Morgan fingerprint density at radius 2 is 2.00 bits per heavy atom. The zero-order valence-corrected chi connectivity index (χ0v) is 13.0. The molecule has 1 aliphatic carbocycles. The third-order valence-electron chi connectivity index (χ3n) is 4.78. The van der Waals surface area contributed by atoms with Crippen LogP contribution in [0.5, 0.6) is 0 Å². The summed E-state index contributed by atoms with van der Waals surface area (Å²) in [4.78, 5) is 14.8. The highest BCUT2D eigenvalue weighted by atomic mass is 16.5. The fourth-order valence-corrected chi connectivity index (χ4v) is 3.61. The van der Waals surface area contributed by atoms with E-state index in [1.165, 1.54) is 6.42 Å². The van der Waals surface area contributed by atoms with Gasteiger partial charge in [0, 0.05) is 18.2 Å². The van der Waals surface area contributed by atoms with Gasteiger partial charge in [-0.3, -0.25) is 4.79 Å². The van der Waals surface area contributed by atoms with E-state index in [0.29, 0.717) is 24.6 Å². The third kappa shape index (κ3) is 2.77. The van der Waals surface area contributed by atoms with Crippen LogP contribution < -0.4 is 0 Å². The van der Waals surface area contributed by atoms with Crippen LogP contribution in [-0.2, 0) is 4.74 Å². The summed E-state index contributed by atoms with van der Waals surface area (Å²) in [5, 5.41) is 4.05. The van der Waals surface area contributed by atoms with Gasteiger partial charge in [-0.2, -0.15) is 0 Å². The van der Waals surface area contributed by atoms with Crippen LogP contribution in [0, 0.1) is 0 Å². The van der Waals surface area contributed by atoms with Gasteiger partial charge in [0.1, 0.15) is 5.69 Å². The molecule has 0 spiro atoms. The van der Waals surface area contributed by atoms with Gasteiger partial charge in [-0.1, -0.05) is 48.3 Å². The van der Waals surface area contributed by atoms with E-state index < -0.39 is 0 Å². The summed E-state index contributed by atoms with van der Waals surface area (Å²) >= 11 is 0. The fraction of sp³-hybridized carbons (Fsp3) is 0.444. The van der Waals surface area contributed by atoms with Gasteiger partial charge < -0.3 is 14.2 Å². The van der Waals surface area contributed by atoms with E-state index in [4.69, 9.17) is 9.26 Å². The highest BCUT2D eigenvalue weighted by Crippen LogP contribution is 2.30. The van der Waals surface area contributed by atoms with E-state index in [0.717, 1.165) is 24.8 Å². The van der Waals surface area contributed by atoms with Crippen molar-refractivity contribution in [3.63, 3.8) is 0 Å². The Morgan fingerprint density at radius 1 is 1.17 bits per heavy atom. The van der Waals surface area contributed by atoms with Gasteiger partial charge in [-0.25, -0.2) is 0 Å². The summed E-state index contributed by atoms with van der Waals surface area (Å²) in [5.74, 6) is 0.245. The Labute approximate surface area is 135 Å². The van der Waals surface area contributed by atoms with Crippen LogP contribution in [0.2, 0.25) is 0 Å². The van der Waals surface area contributed by atoms with Crippen molar-refractivity contribution in [2.24, 2.45) is 0 Å². The molecular formula is C18H20N2O3. The summed E-state index contributed by atoms with van der Waals surface area (Å²) in [6.45, 7) is 1.23. The molecule has 2 aromatic rings.